The van der Waals surface area contributed by atoms with Gasteiger partial charge in [0.2, 0.25) is 0 Å². The lowest BCUT2D eigenvalue weighted by Gasteiger charge is -2.11. The zero-order chi connectivity index (χ0) is 12.5. The highest BCUT2D eigenvalue weighted by molar-refractivity contribution is 7.85. The van der Waals surface area contributed by atoms with E-state index < -0.39 is 26.9 Å². The van der Waals surface area contributed by atoms with Crippen LogP contribution in [0.2, 0.25) is 0 Å². The first-order chi connectivity index (χ1) is 7.23. The Morgan fingerprint density at radius 1 is 1.44 bits per heavy atom. The first kappa shape index (κ1) is 13.1. The molecule has 0 radical (unpaired) electrons. The molecule has 2 N–H and O–H groups in total. The molecule has 1 atom stereocenters. The lowest BCUT2D eigenvalue weighted by Crippen LogP contribution is -2.12. The third-order valence-electron chi connectivity index (χ3n) is 2.17. The molecule has 0 aliphatic rings. The fourth-order valence-corrected chi connectivity index (χ4v) is 2.17. The Morgan fingerprint density at radius 2 is 2.00 bits per heavy atom. The molecule has 0 aromatic heterocycles. The summed E-state index contributed by atoms with van der Waals surface area (Å²) >= 11 is 0. The molecule has 0 saturated carbocycles. The molecule has 0 saturated heterocycles. The number of benzene rings is 1. The van der Waals surface area contributed by atoms with E-state index in [2.05, 4.69) is 0 Å². The van der Waals surface area contributed by atoms with E-state index in [4.69, 9.17) is 9.66 Å². The summed E-state index contributed by atoms with van der Waals surface area (Å²) in [7, 11) is -4.47. The standard InChI is InChI=1S/C10H13FO4S/c1-6-3-4-9(16(13,14)15)8(10(6)11)5-7(2)12/h3-4,7,12H,5H2,1-2H3,(H,13,14,15)/t7-/m0/s1. The van der Waals surface area contributed by atoms with Gasteiger partial charge in [0, 0.05) is 12.0 Å². The Bertz CT molecular complexity index is 494. The van der Waals surface area contributed by atoms with Crippen LogP contribution >= 0.6 is 0 Å². The molecule has 0 spiro atoms. The van der Waals surface area contributed by atoms with Gasteiger partial charge in [-0.3, -0.25) is 4.55 Å². The van der Waals surface area contributed by atoms with Crippen LogP contribution in [-0.2, 0) is 16.5 Å². The molecule has 0 aliphatic carbocycles. The molecule has 90 valence electrons. The second-order valence-corrected chi connectivity index (χ2v) is 5.09. The molecule has 0 bridgehead atoms. The first-order valence-electron chi connectivity index (χ1n) is 4.67. The number of aryl methyl sites for hydroxylation is 1. The van der Waals surface area contributed by atoms with E-state index in [-0.39, 0.29) is 17.5 Å². The van der Waals surface area contributed by atoms with Crippen molar-refractivity contribution in [3.05, 3.63) is 29.1 Å². The molecule has 6 heteroatoms. The lowest BCUT2D eigenvalue weighted by atomic mass is 10.1. The lowest BCUT2D eigenvalue weighted by molar-refractivity contribution is 0.193. The first-order valence-corrected chi connectivity index (χ1v) is 6.11. The molecule has 0 heterocycles. The number of halogens is 1. The van der Waals surface area contributed by atoms with Crippen LogP contribution in [0.25, 0.3) is 0 Å². The van der Waals surface area contributed by atoms with Crippen molar-refractivity contribution in [3.8, 4) is 0 Å². The van der Waals surface area contributed by atoms with Gasteiger partial charge in [0.1, 0.15) is 10.7 Å². The Morgan fingerprint density at radius 3 is 2.44 bits per heavy atom. The SMILES string of the molecule is Cc1ccc(S(=O)(=O)O)c(C[C@H](C)O)c1F. The second kappa shape index (κ2) is 4.48. The van der Waals surface area contributed by atoms with Gasteiger partial charge in [-0.2, -0.15) is 8.42 Å². The molecule has 16 heavy (non-hydrogen) atoms. The van der Waals surface area contributed by atoms with E-state index >= 15 is 0 Å². The van der Waals surface area contributed by atoms with E-state index in [9.17, 15) is 12.8 Å². The quantitative estimate of drug-likeness (QED) is 0.791. The largest absolute Gasteiger partial charge is 0.393 e. The Hall–Kier alpha value is -0.980. The second-order valence-electron chi connectivity index (χ2n) is 3.70. The highest BCUT2D eigenvalue weighted by Gasteiger charge is 2.21. The van der Waals surface area contributed by atoms with Gasteiger partial charge in [-0.25, -0.2) is 4.39 Å². The summed E-state index contributed by atoms with van der Waals surface area (Å²) in [6, 6.07) is 2.40. The van der Waals surface area contributed by atoms with Crippen molar-refractivity contribution in [1.82, 2.24) is 0 Å². The van der Waals surface area contributed by atoms with Crippen molar-refractivity contribution < 1.29 is 22.5 Å². The minimum absolute atomic E-state index is 0.164. The van der Waals surface area contributed by atoms with Crippen LogP contribution in [0.3, 0.4) is 0 Å². The molecule has 4 nitrogen and oxygen atoms in total. The number of aliphatic hydroxyl groups is 1. The zero-order valence-corrected chi connectivity index (χ0v) is 9.75. The van der Waals surface area contributed by atoms with E-state index in [0.717, 1.165) is 6.07 Å². The molecule has 1 aromatic carbocycles. The summed E-state index contributed by atoms with van der Waals surface area (Å²) in [5, 5.41) is 9.17. The Balaban J connectivity index is 3.45. The normalized spacial score (nSPS) is 13.8. The zero-order valence-electron chi connectivity index (χ0n) is 8.94. The summed E-state index contributed by atoms with van der Waals surface area (Å²) in [6.07, 6.45) is -1.06. The predicted molar refractivity (Wildman–Crippen MR) is 56.3 cm³/mol. The third kappa shape index (κ3) is 2.78. The fourth-order valence-electron chi connectivity index (χ4n) is 1.45. The molecular weight excluding hydrogens is 235 g/mol. The van der Waals surface area contributed by atoms with E-state index in [1.54, 1.807) is 0 Å². The van der Waals surface area contributed by atoms with Gasteiger partial charge in [0.05, 0.1) is 6.10 Å². The van der Waals surface area contributed by atoms with Crippen LogP contribution in [0, 0.1) is 12.7 Å². The Labute approximate surface area is 93.5 Å². The fraction of sp³-hybridized carbons (Fsp3) is 0.400. The van der Waals surface area contributed by atoms with Crippen molar-refractivity contribution in [2.24, 2.45) is 0 Å². The predicted octanol–water partition coefficient (Wildman–Crippen LogP) is 1.30. The molecule has 1 aromatic rings. The Kier molecular flexibility index (Phi) is 3.67. The average molecular weight is 248 g/mol. The molecule has 1 rings (SSSR count). The van der Waals surface area contributed by atoms with Gasteiger partial charge < -0.3 is 5.11 Å². The van der Waals surface area contributed by atoms with Crippen LogP contribution in [0.5, 0.6) is 0 Å². The monoisotopic (exact) mass is 248 g/mol. The van der Waals surface area contributed by atoms with Gasteiger partial charge in [0.25, 0.3) is 10.1 Å². The van der Waals surface area contributed by atoms with Gasteiger partial charge in [-0.15, -0.1) is 0 Å². The van der Waals surface area contributed by atoms with E-state index in [1.807, 2.05) is 0 Å². The van der Waals surface area contributed by atoms with Gasteiger partial charge >= 0.3 is 0 Å². The van der Waals surface area contributed by atoms with Crippen molar-refractivity contribution >= 4 is 10.1 Å². The summed E-state index contributed by atoms with van der Waals surface area (Å²) in [5.74, 6) is -0.712. The van der Waals surface area contributed by atoms with Crippen molar-refractivity contribution in [2.75, 3.05) is 0 Å². The minimum Gasteiger partial charge on any atom is -0.393 e. The number of hydrogen-bond acceptors (Lipinski definition) is 3. The minimum atomic E-state index is -4.47. The summed E-state index contributed by atoms with van der Waals surface area (Å²) in [4.78, 5) is -0.489. The van der Waals surface area contributed by atoms with Gasteiger partial charge in [-0.1, -0.05) is 6.07 Å². The highest BCUT2D eigenvalue weighted by atomic mass is 32.2. The van der Waals surface area contributed by atoms with Crippen LogP contribution < -0.4 is 0 Å². The number of hydrogen-bond donors (Lipinski definition) is 2. The summed E-state index contributed by atoms with van der Waals surface area (Å²) < 4.78 is 44.6. The maximum atomic E-state index is 13.7. The van der Waals surface area contributed by atoms with Gasteiger partial charge in [-0.05, 0) is 25.5 Å². The molecule has 0 unspecified atom stereocenters. The summed E-state index contributed by atoms with van der Waals surface area (Å²) in [6.45, 7) is 2.89. The van der Waals surface area contributed by atoms with Crippen molar-refractivity contribution in [2.45, 2.75) is 31.3 Å². The van der Waals surface area contributed by atoms with Crippen molar-refractivity contribution in [3.63, 3.8) is 0 Å². The topological polar surface area (TPSA) is 74.6 Å². The maximum absolute atomic E-state index is 13.7. The van der Waals surface area contributed by atoms with Crippen molar-refractivity contribution in [1.29, 1.82) is 0 Å². The molecule has 0 amide bonds. The maximum Gasteiger partial charge on any atom is 0.294 e. The van der Waals surface area contributed by atoms with Crippen LogP contribution in [-0.4, -0.2) is 24.2 Å². The summed E-state index contributed by atoms with van der Waals surface area (Å²) in [5.41, 5.74) is 0.0838. The number of aliphatic hydroxyl groups excluding tert-OH is 1. The van der Waals surface area contributed by atoms with Crippen LogP contribution in [0.15, 0.2) is 17.0 Å². The van der Waals surface area contributed by atoms with Crippen LogP contribution in [0.1, 0.15) is 18.1 Å². The number of rotatable bonds is 3. The van der Waals surface area contributed by atoms with E-state index in [1.165, 1.54) is 19.9 Å². The third-order valence-corrected chi connectivity index (χ3v) is 3.11. The van der Waals surface area contributed by atoms with E-state index in [0.29, 0.717) is 0 Å². The van der Waals surface area contributed by atoms with Gasteiger partial charge in [0.15, 0.2) is 0 Å². The molecule has 0 aliphatic heterocycles. The average Bonchev–Trinajstić information content (AvgIpc) is 2.10. The smallest absolute Gasteiger partial charge is 0.294 e. The molecular formula is C10H13FO4S. The van der Waals surface area contributed by atoms with Crippen LogP contribution in [0.4, 0.5) is 4.39 Å². The molecule has 0 fully saturated rings. The highest BCUT2D eigenvalue weighted by Crippen LogP contribution is 2.23.